The summed E-state index contributed by atoms with van der Waals surface area (Å²) in [7, 11) is 0. The average Bonchev–Trinajstić information content (AvgIpc) is 2.96. The number of rotatable bonds is 6. The number of pyridine rings is 1. The van der Waals surface area contributed by atoms with Gasteiger partial charge in [0.05, 0.1) is 11.4 Å². The number of amides is 1. The van der Waals surface area contributed by atoms with E-state index in [0.717, 1.165) is 11.3 Å². The molecule has 1 amide bonds. The Morgan fingerprint density at radius 1 is 1.20 bits per heavy atom. The van der Waals surface area contributed by atoms with E-state index in [4.69, 9.17) is 0 Å². The number of aromatic nitrogens is 2. The molecule has 0 saturated heterocycles. The van der Waals surface area contributed by atoms with E-state index in [2.05, 4.69) is 10.3 Å². The monoisotopic (exact) mass is 353 g/mol. The standard InChI is InChI=1S/C19H19N3O2S/c1-13-6-7-18-20-17(10-22(18)9-13)11-25-12-19(24)21-16-5-3-4-15(8-16)14(2)23/h3-10H,11-12H2,1-2H3,(H,21,24). The number of thioether (sulfide) groups is 1. The van der Waals surface area contributed by atoms with Crippen LogP contribution in [-0.2, 0) is 10.5 Å². The summed E-state index contributed by atoms with van der Waals surface area (Å²) in [5.41, 5.74) is 4.26. The van der Waals surface area contributed by atoms with Gasteiger partial charge in [-0.15, -0.1) is 11.8 Å². The molecular weight excluding hydrogens is 334 g/mol. The number of ketones is 1. The van der Waals surface area contributed by atoms with Crippen LogP contribution in [0.2, 0.25) is 0 Å². The fourth-order valence-electron chi connectivity index (χ4n) is 2.49. The molecule has 0 aliphatic heterocycles. The highest BCUT2D eigenvalue weighted by atomic mass is 32.2. The second-order valence-corrected chi connectivity index (χ2v) is 6.87. The molecule has 0 unspecified atom stereocenters. The number of hydrogen-bond acceptors (Lipinski definition) is 4. The molecule has 0 atom stereocenters. The predicted molar refractivity (Wildman–Crippen MR) is 101 cm³/mol. The highest BCUT2D eigenvalue weighted by Gasteiger charge is 2.07. The average molecular weight is 353 g/mol. The van der Waals surface area contributed by atoms with Crippen molar-refractivity contribution in [1.29, 1.82) is 0 Å². The van der Waals surface area contributed by atoms with Crippen LogP contribution in [-0.4, -0.2) is 26.8 Å². The summed E-state index contributed by atoms with van der Waals surface area (Å²) in [6, 6.07) is 11.0. The number of imidazole rings is 1. The number of fused-ring (bicyclic) bond motifs is 1. The largest absolute Gasteiger partial charge is 0.325 e. The Hall–Kier alpha value is -2.60. The lowest BCUT2D eigenvalue weighted by Gasteiger charge is -2.06. The van der Waals surface area contributed by atoms with Crippen molar-refractivity contribution in [3.8, 4) is 0 Å². The third-order valence-corrected chi connectivity index (χ3v) is 4.65. The number of carbonyl (C=O) groups excluding carboxylic acids is 2. The Bertz CT molecular complexity index is 933. The van der Waals surface area contributed by atoms with Crippen molar-refractivity contribution in [2.45, 2.75) is 19.6 Å². The summed E-state index contributed by atoms with van der Waals surface area (Å²) in [4.78, 5) is 28.0. The molecule has 3 rings (SSSR count). The maximum Gasteiger partial charge on any atom is 0.234 e. The molecule has 3 aromatic rings. The molecular formula is C19H19N3O2S. The summed E-state index contributed by atoms with van der Waals surface area (Å²) >= 11 is 1.51. The Balaban J connectivity index is 1.53. The molecule has 5 nitrogen and oxygen atoms in total. The molecule has 0 aliphatic carbocycles. The van der Waals surface area contributed by atoms with Crippen molar-refractivity contribution in [2.75, 3.05) is 11.1 Å². The second-order valence-electron chi connectivity index (χ2n) is 5.88. The van der Waals surface area contributed by atoms with Gasteiger partial charge in [-0.25, -0.2) is 4.98 Å². The highest BCUT2D eigenvalue weighted by molar-refractivity contribution is 7.99. The van der Waals surface area contributed by atoms with Crippen molar-refractivity contribution >= 4 is 34.8 Å². The minimum absolute atomic E-state index is 0.0208. The molecule has 1 N–H and O–H groups in total. The zero-order valence-electron chi connectivity index (χ0n) is 14.2. The summed E-state index contributed by atoms with van der Waals surface area (Å²) in [6.45, 7) is 3.55. The topological polar surface area (TPSA) is 63.5 Å². The van der Waals surface area contributed by atoms with Gasteiger partial charge in [-0.3, -0.25) is 9.59 Å². The van der Waals surface area contributed by atoms with Gasteiger partial charge < -0.3 is 9.72 Å². The molecule has 128 valence electrons. The number of Topliss-reactive ketones (excluding diaryl/α,β-unsaturated/α-hetero) is 1. The Kier molecular flexibility index (Phi) is 5.19. The molecule has 0 radical (unpaired) electrons. The smallest absolute Gasteiger partial charge is 0.234 e. The van der Waals surface area contributed by atoms with Crippen LogP contribution in [0.3, 0.4) is 0 Å². The van der Waals surface area contributed by atoms with Crippen molar-refractivity contribution in [1.82, 2.24) is 9.38 Å². The lowest BCUT2D eigenvalue weighted by molar-refractivity contribution is -0.113. The zero-order chi connectivity index (χ0) is 17.8. The summed E-state index contributed by atoms with van der Waals surface area (Å²) in [5.74, 6) is 0.886. The van der Waals surface area contributed by atoms with Crippen LogP contribution in [0.25, 0.3) is 5.65 Å². The molecule has 1 aromatic carbocycles. The SMILES string of the molecule is CC(=O)c1cccc(NC(=O)CSCc2cn3cc(C)ccc3n2)c1. The highest BCUT2D eigenvalue weighted by Crippen LogP contribution is 2.15. The van der Waals surface area contributed by atoms with Crippen LogP contribution in [0.4, 0.5) is 5.69 Å². The third-order valence-electron chi connectivity index (χ3n) is 3.68. The van der Waals surface area contributed by atoms with Crippen molar-refractivity contribution in [3.05, 3.63) is 65.6 Å². The van der Waals surface area contributed by atoms with Gasteiger partial charge in [0, 0.05) is 29.4 Å². The van der Waals surface area contributed by atoms with E-state index in [1.807, 2.05) is 35.9 Å². The number of benzene rings is 1. The first-order chi connectivity index (χ1) is 12.0. The van der Waals surface area contributed by atoms with Crippen molar-refractivity contribution in [2.24, 2.45) is 0 Å². The number of nitrogens with zero attached hydrogens (tertiary/aromatic N) is 2. The molecule has 0 spiro atoms. The zero-order valence-corrected chi connectivity index (χ0v) is 15.0. The Morgan fingerprint density at radius 3 is 2.84 bits per heavy atom. The van der Waals surface area contributed by atoms with Gasteiger partial charge in [-0.05, 0) is 37.6 Å². The maximum atomic E-state index is 12.1. The molecule has 6 heteroatoms. The van der Waals surface area contributed by atoms with Gasteiger partial charge in [0.25, 0.3) is 0 Å². The lowest BCUT2D eigenvalue weighted by atomic mass is 10.1. The Morgan fingerprint density at radius 2 is 2.04 bits per heavy atom. The summed E-state index contributed by atoms with van der Waals surface area (Å²) in [6.07, 6.45) is 4.02. The van der Waals surface area contributed by atoms with Crippen LogP contribution in [0, 0.1) is 6.92 Å². The van der Waals surface area contributed by atoms with E-state index in [0.29, 0.717) is 22.8 Å². The molecule has 0 saturated carbocycles. The van der Waals surface area contributed by atoms with E-state index < -0.39 is 0 Å². The van der Waals surface area contributed by atoms with E-state index in [1.165, 1.54) is 24.2 Å². The van der Waals surface area contributed by atoms with Crippen LogP contribution < -0.4 is 5.32 Å². The van der Waals surface area contributed by atoms with Crippen molar-refractivity contribution < 1.29 is 9.59 Å². The molecule has 0 fully saturated rings. The van der Waals surface area contributed by atoms with Crippen LogP contribution in [0.5, 0.6) is 0 Å². The fraction of sp³-hybridized carbons (Fsp3) is 0.211. The first kappa shape index (κ1) is 17.2. The second kappa shape index (κ2) is 7.53. The molecule has 0 bridgehead atoms. The molecule has 2 heterocycles. The van der Waals surface area contributed by atoms with E-state index in [9.17, 15) is 9.59 Å². The third kappa shape index (κ3) is 4.48. The lowest BCUT2D eigenvalue weighted by Crippen LogP contribution is -2.14. The van der Waals surface area contributed by atoms with Gasteiger partial charge in [-0.1, -0.05) is 18.2 Å². The normalized spacial score (nSPS) is 10.8. The first-order valence-electron chi connectivity index (χ1n) is 7.94. The number of carbonyl (C=O) groups is 2. The van der Waals surface area contributed by atoms with Gasteiger partial charge in [-0.2, -0.15) is 0 Å². The molecule has 0 aliphatic rings. The fourth-order valence-corrected chi connectivity index (χ4v) is 3.19. The number of anilines is 1. The van der Waals surface area contributed by atoms with E-state index >= 15 is 0 Å². The predicted octanol–water partition coefficient (Wildman–Crippen LogP) is 3.72. The van der Waals surface area contributed by atoms with Crippen LogP contribution >= 0.6 is 11.8 Å². The van der Waals surface area contributed by atoms with Gasteiger partial charge in [0.1, 0.15) is 5.65 Å². The molecule has 2 aromatic heterocycles. The van der Waals surface area contributed by atoms with Gasteiger partial charge in [0.2, 0.25) is 5.91 Å². The van der Waals surface area contributed by atoms with Gasteiger partial charge in [0.15, 0.2) is 5.78 Å². The summed E-state index contributed by atoms with van der Waals surface area (Å²) < 4.78 is 2.00. The van der Waals surface area contributed by atoms with Crippen molar-refractivity contribution in [3.63, 3.8) is 0 Å². The quantitative estimate of drug-likeness (QED) is 0.686. The Labute approximate surface area is 150 Å². The number of nitrogens with one attached hydrogen (secondary N) is 1. The van der Waals surface area contributed by atoms with Gasteiger partial charge >= 0.3 is 0 Å². The van der Waals surface area contributed by atoms with E-state index in [1.54, 1.807) is 24.3 Å². The molecule has 25 heavy (non-hydrogen) atoms. The van der Waals surface area contributed by atoms with E-state index in [-0.39, 0.29) is 11.7 Å². The van der Waals surface area contributed by atoms with Crippen LogP contribution in [0.1, 0.15) is 28.5 Å². The maximum absolute atomic E-state index is 12.1. The first-order valence-corrected chi connectivity index (χ1v) is 9.09. The summed E-state index contributed by atoms with van der Waals surface area (Å²) in [5, 5.41) is 2.82. The van der Waals surface area contributed by atoms with Crippen LogP contribution in [0.15, 0.2) is 48.8 Å². The number of hydrogen-bond donors (Lipinski definition) is 1. The number of aryl methyl sites for hydroxylation is 1. The minimum Gasteiger partial charge on any atom is -0.325 e. The minimum atomic E-state index is -0.0923.